The quantitative estimate of drug-likeness (QED) is 0.791. The molecule has 0 saturated heterocycles. The van der Waals surface area contributed by atoms with Gasteiger partial charge >= 0.3 is 0 Å². The molecule has 0 saturated carbocycles. The molecule has 0 radical (unpaired) electrons. The fourth-order valence-electron chi connectivity index (χ4n) is 1.35. The van der Waals surface area contributed by atoms with Gasteiger partial charge in [-0.1, -0.05) is 0 Å². The van der Waals surface area contributed by atoms with E-state index in [1.807, 2.05) is 0 Å². The highest BCUT2D eigenvalue weighted by atomic mass is 32.1. The van der Waals surface area contributed by atoms with Crippen molar-refractivity contribution in [2.24, 2.45) is 0 Å². The third-order valence-electron chi connectivity index (χ3n) is 2.08. The summed E-state index contributed by atoms with van der Waals surface area (Å²) in [6.07, 6.45) is -0.593. The first-order valence-electron chi connectivity index (χ1n) is 4.84. The molecule has 5 heteroatoms. The maximum atomic E-state index is 12.9. The number of carbonyl (C=O) groups is 1. The number of thiol groups is 1. The van der Waals surface area contributed by atoms with Gasteiger partial charge in [-0.15, -0.1) is 12.6 Å². The van der Waals surface area contributed by atoms with E-state index in [1.165, 1.54) is 23.1 Å². The molecule has 0 aliphatic rings. The van der Waals surface area contributed by atoms with Crippen molar-refractivity contribution in [2.45, 2.75) is 17.9 Å². The van der Waals surface area contributed by atoms with E-state index in [1.54, 1.807) is 14.0 Å². The van der Waals surface area contributed by atoms with Crippen molar-refractivity contribution in [3.8, 4) is 0 Å². The Kier molecular flexibility index (Phi) is 4.32. The smallest absolute Gasteiger partial charge is 0.253 e. The van der Waals surface area contributed by atoms with Gasteiger partial charge in [0.05, 0.1) is 6.10 Å². The van der Waals surface area contributed by atoms with Gasteiger partial charge in [-0.25, -0.2) is 4.39 Å². The Labute approximate surface area is 99.3 Å². The largest absolute Gasteiger partial charge is 0.392 e. The molecule has 16 heavy (non-hydrogen) atoms. The van der Waals surface area contributed by atoms with Crippen LogP contribution in [-0.4, -0.2) is 35.6 Å². The maximum absolute atomic E-state index is 12.9. The van der Waals surface area contributed by atoms with Crippen LogP contribution in [0.25, 0.3) is 0 Å². The van der Waals surface area contributed by atoms with Gasteiger partial charge in [-0.2, -0.15) is 0 Å². The Morgan fingerprint density at radius 3 is 2.75 bits per heavy atom. The van der Waals surface area contributed by atoms with E-state index in [2.05, 4.69) is 12.6 Å². The minimum absolute atomic E-state index is 0.135. The van der Waals surface area contributed by atoms with Crippen LogP contribution in [0.2, 0.25) is 0 Å². The van der Waals surface area contributed by atoms with Crippen LogP contribution in [0.5, 0.6) is 0 Å². The predicted molar refractivity (Wildman–Crippen MR) is 62.3 cm³/mol. The Bertz CT molecular complexity index is 396. The van der Waals surface area contributed by atoms with Crippen molar-refractivity contribution >= 4 is 18.5 Å². The van der Waals surface area contributed by atoms with Crippen molar-refractivity contribution in [3.63, 3.8) is 0 Å². The van der Waals surface area contributed by atoms with E-state index >= 15 is 0 Å². The van der Waals surface area contributed by atoms with Crippen molar-refractivity contribution in [2.75, 3.05) is 13.6 Å². The summed E-state index contributed by atoms with van der Waals surface area (Å²) in [6.45, 7) is 1.83. The van der Waals surface area contributed by atoms with Crippen LogP contribution in [0, 0.1) is 5.82 Å². The average Bonchev–Trinajstić information content (AvgIpc) is 2.20. The zero-order valence-corrected chi connectivity index (χ0v) is 10.0. The van der Waals surface area contributed by atoms with Gasteiger partial charge < -0.3 is 10.0 Å². The monoisotopic (exact) mass is 243 g/mol. The maximum Gasteiger partial charge on any atom is 0.253 e. The van der Waals surface area contributed by atoms with Crippen LogP contribution in [0.4, 0.5) is 4.39 Å². The molecule has 3 nitrogen and oxygen atoms in total. The molecule has 1 unspecified atom stereocenters. The lowest BCUT2D eigenvalue weighted by atomic mass is 10.2. The minimum atomic E-state index is -0.593. The molecule has 88 valence electrons. The van der Waals surface area contributed by atoms with Gasteiger partial charge in [0, 0.05) is 24.1 Å². The number of hydrogen-bond acceptors (Lipinski definition) is 3. The summed E-state index contributed by atoms with van der Waals surface area (Å²) in [6, 6.07) is 3.97. The molecule has 0 bridgehead atoms. The number of amides is 1. The molecular weight excluding hydrogens is 229 g/mol. The number of rotatable bonds is 3. The van der Waals surface area contributed by atoms with Crippen LogP contribution in [0.3, 0.4) is 0 Å². The second kappa shape index (κ2) is 5.32. The van der Waals surface area contributed by atoms with Crippen LogP contribution in [0.15, 0.2) is 23.1 Å². The summed E-state index contributed by atoms with van der Waals surface area (Å²) in [5.74, 6) is -0.728. The predicted octanol–water partition coefficient (Wildman–Crippen LogP) is 1.57. The van der Waals surface area contributed by atoms with Crippen LogP contribution in [0.1, 0.15) is 17.3 Å². The number of aliphatic hydroxyl groups is 1. The molecule has 0 aliphatic carbocycles. The molecule has 1 rings (SSSR count). The zero-order chi connectivity index (χ0) is 12.3. The highest BCUT2D eigenvalue weighted by Gasteiger charge is 2.14. The molecule has 1 N–H and O–H groups in total. The third-order valence-corrected chi connectivity index (χ3v) is 2.42. The molecule has 0 heterocycles. The lowest BCUT2D eigenvalue weighted by Gasteiger charge is -2.18. The number of nitrogens with zero attached hydrogens (tertiary/aromatic N) is 1. The average molecular weight is 243 g/mol. The Balaban J connectivity index is 2.84. The van der Waals surface area contributed by atoms with Gasteiger partial charge in [0.2, 0.25) is 0 Å². The van der Waals surface area contributed by atoms with Crippen molar-refractivity contribution in [1.29, 1.82) is 0 Å². The van der Waals surface area contributed by atoms with Gasteiger partial charge in [-0.3, -0.25) is 4.79 Å². The second-order valence-corrected chi connectivity index (χ2v) is 4.18. The van der Waals surface area contributed by atoms with Crippen LogP contribution < -0.4 is 0 Å². The van der Waals surface area contributed by atoms with E-state index < -0.39 is 11.9 Å². The fourth-order valence-corrected chi connectivity index (χ4v) is 1.56. The Morgan fingerprint density at radius 1 is 1.62 bits per heavy atom. The van der Waals surface area contributed by atoms with E-state index in [4.69, 9.17) is 5.11 Å². The normalized spacial score (nSPS) is 12.3. The third kappa shape index (κ3) is 3.21. The first-order valence-corrected chi connectivity index (χ1v) is 5.28. The van der Waals surface area contributed by atoms with Gasteiger partial charge in [-0.05, 0) is 25.1 Å². The van der Waals surface area contributed by atoms with E-state index in [0.717, 1.165) is 0 Å². The van der Waals surface area contributed by atoms with Gasteiger partial charge in [0.25, 0.3) is 5.91 Å². The second-order valence-electron chi connectivity index (χ2n) is 3.70. The van der Waals surface area contributed by atoms with Crippen molar-refractivity contribution in [1.82, 2.24) is 4.90 Å². The highest BCUT2D eigenvalue weighted by Crippen LogP contribution is 2.15. The number of carbonyl (C=O) groups excluding carboxylic acids is 1. The highest BCUT2D eigenvalue weighted by molar-refractivity contribution is 7.80. The summed E-state index contributed by atoms with van der Waals surface area (Å²) in [5, 5.41) is 9.15. The fraction of sp³-hybridized carbons (Fsp3) is 0.364. The summed E-state index contributed by atoms with van der Waals surface area (Å²) in [7, 11) is 1.58. The number of likely N-dealkylation sites (N-methyl/N-ethyl adjacent to an activating group) is 1. The minimum Gasteiger partial charge on any atom is -0.392 e. The number of benzene rings is 1. The Hall–Kier alpha value is -1.07. The molecule has 0 spiro atoms. The summed E-state index contributed by atoms with van der Waals surface area (Å²) >= 11 is 3.91. The standard InChI is InChI=1S/C11H14FNO2S/c1-7(14)6-13(2)11(15)8-3-4-9(12)10(16)5-8/h3-5,7,14,16H,6H2,1-2H3. The lowest BCUT2D eigenvalue weighted by Crippen LogP contribution is -2.33. The van der Waals surface area contributed by atoms with E-state index in [0.29, 0.717) is 5.56 Å². The molecule has 1 atom stereocenters. The zero-order valence-electron chi connectivity index (χ0n) is 9.14. The van der Waals surface area contributed by atoms with E-state index in [-0.39, 0.29) is 17.3 Å². The molecule has 0 aromatic heterocycles. The van der Waals surface area contributed by atoms with Crippen LogP contribution >= 0.6 is 12.6 Å². The topological polar surface area (TPSA) is 40.5 Å². The molecule has 0 aliphatic heterocycles. The summed E-state index contributed by atoms with van der Waals surface area (Å²) < 4.78 is 12.9. The van der Waals surface area contributed by atoms with Gasteiger partial charge in [0.1, 0.15) is 5.82 Å². The molecule has 0 fully saturated rings. The number of aliphatic hydroxyl groups excluding tert-OH is 1. The molecule has 1 amide bonds. The SMILES string of the molecule is CC(O)CN(C)C(=O)c1ccc(F)c(S)c1. The number of hydrogen-bond donors (Lipinski definition) is 2. The summed E-state index contributed by atoms with van der Waals surface area (Å²) in [4.78, 5) is 13.3. The first-order chi connectivity index (χ1) is 7.41. The number of halogens is 1. The molecular formula is C11H14FNO2S. The van der Waals surface area contributed by atoms with Crippen molar-refractivity contribution < 1.29 is 14.3 Å². The lowest BCUT2D eigenvalue weighted by molar-refractivity contribution is 0.0703. The van der Waals surface area contributed by atoms with E-state index in [9.17, 15) is 9.18 Å². The molecule has 1 aromatic rings. The van der Waals surface area contributed by atoms with Crippen LogP contribution in [-0.2, 0) is 0 Å². The first kappa shape index (κ1) is 13.0. The van der Waals surface area contributed by atoms with Crippen molar-refractivity contribution in [3.05, 3.63) is 29.6 Å². The van der Waals surface area contributed by atoms with Gasteiger partial charge in [0.15, 0.2) is 0 Å². The molecule has 1 aromatic carbocycles. The Morgan fingerprint density at radius 2 is 2.25 bits per heavy atom. The summed E-state index contributed by atoms with van der Waals surface area (Å²) in [5.41, 5.74) is 0.356.